The minimum absolute atomic E-state index is 0.0774. The van der Waals surface area contributed by atoms with Gasteiger partial charge < -0.3 is 15.0 Å². The maximum absolute atomic E-state index is 12.6. The van der Waals surface area contributed by atoms with Gasteiger partial charge in [0.2, 0.25) is 5.91 Å². The summed E-state index contributed by atoms with van der Waals surface area (Å²) in [6, 6.07) is 13.4. The highest BCUT2D eigenvalue weighted by molar-refractivity contribution is 6.60. The van der Waals surface area contributed by atoms with E-state index in [1.165, 1.54) is 0 Å². The fourth-order valence-corrected chi connectivity index (χ4v) is 3.43. The lowest BCUT2D eigenvalue weighted by molar-refractivity contribution is -0.115. The van der Waals surface area contributed by atoms with Crippen LogP contribution < -0.4 is 10.8 Å². The molecule has 0 aliphatic carbocycles. The molecule has 0 unspecified atom stereocenters. The first kappa shape index (κ1) is 16.8. The molecule has 2 heterocycles. The van der Waals surface area contributed by atoms with Gasteiger partial charge in [0, 0.05) is 30.1 Å². The van der Waals surface area contributed by atoms with Crippen LogP contribution in [0.4, 0.5) is 5.69 Å². The molecule has 0 atom stereocenters. The second kappa shape index (κ2) is 7.27. The number of amides is 1. The van der Waals surface area contributed by atoms with Crippen LogP contribution in [0.1, 0.15) is 17.5 Å². The Kier molecular flexibility index (Phi) is 4.69. The van der Waals surface area contributed by atoms with Gasteiger partial charge in [-0.3, -0.25) is 9.78 Å². The number of anilines is 1. The number of hydrogen-bond donors (Lipinski definition) is 2. The minimum Gasteiger partial charge on any atom is -0.423 e. The van der Waals surface area contributed by atoms with Gasteiger partial charge >= 0.3 is 7.12 Å². The predicted octanol–water partition coefficient (Wildman–Crippen LogP) is 2.07. The molecular weight excluding hydrogens is 327 g/mol. The Balaban J connectivity index is 1.54. The first-order valence-corrected chi connectivity index (χ1v) is 8.75. The lowest BCUT2D eigenvalue weighted by atomic mass is 9.74. The lowest BCUT2D eigenvalue weighted by Gasteiger charge is -2.13. The zero-order valence-corrected chi connectivity index (χ0v) is 14.3. The largest absolute Gasteiger partial charge is 0.491 e. The topological polar surface area (TPSA) is 71.5 Å². The summed E-state index contributed by atoms with van der Waals surface area (Å²) in [5.74, 6) is -0.0774. The van der Waals surface area contributed by atoms with Crippen LogP contribution in [0.2, 0.25) is 0 Å². The molecule has 0 radical (unpaired) electrons. The van der Waals surface area contributed by atoms with Crippen molar-refractivity contribution in [2.75, 3.05) is 11.9 Å². The Bertz CT molecular complexity index is 961. The van der Waals surface area contributed by atoms with E-state index < -0.39 is 7.12 Å². The number of benzene rings is 2. The van der Waals surface area contributed by atoms with E-state index in [0.29, 0.717) is 6.61 Å². The zero-order chi connectivity index (χ0) is 17.9. The molecule has 1 aliphatic heterocycles. The van der Waals surface area contributed by atoms with E-state index in [0.717, 1.165) is 45.9 Å². The van der Waals surface area contributed by atoms with Gasteiger partial charge in [-0.1, -0.05) is 24.3 Å². The molecule has 26 heavy (non-hydrogen) atoms. The van der Waals surface area contributed by atoms with Gasteiger partial charge in [0.1, 0.15) is 0 Å². The molecule has 0 bridgehead atoms. The molecule has 1 amide bonds. The van der Waals surface area contributed by atoms with Crippen LogP contribution in [0.5, 0.6) is 0 Å². The Labute approximate surface area is 152 Å². The van der Waals surface area contributed by atoms with Crippen molar-refractivity contribution in [3.8, 4) is 0 Å². The highest BCUT2D eigenvalue weighted by Crippen LogP contribution is 2.19. The van der Waals surface area contributed by atoms with Gasteiger partial charge in [0.05, 0.1) is 6.42 Å². The lowest BCUT2D eigenvalue weighted by Crippen LogP contribution is -2.35. The smallest absolute Gasteiger partial charge is 0.423 e. The Morgan fingerprint density at radius 3 is 3.08 bits per heavy atom. The third kappa shape index (κ3) is 3.47. The summed E-state index contributed by atoms with van der Waals surface area (Å²) in [5, 5.41) is 15.1. The fraction of sp³-hybridized carbons (Fsp3) is 0.200. The maximum Gasteiger partial charge on any atom is 0.491 e. The SMILES string of the molecule is O=C(Cc1cccc2c1CCCOB2O)Nc1ccc2cnccc2c1. The van der Waals surface area contributed by atoms with Gasteiger partial charge in [0.25, 0.3) is 0 Å². The molecule has 2 aromatic carbocycles. The molecule has 0 saturated carbocycles. The van der Waals surface area contributed by atoms with Crippen molar-refractivity contribution >= 4 is 34.9 Å². The van der Waals surface area contributed by atoms with Crippen molar-refractivity contribution in [3.05, 3.63) is 66.0 Å². The Morgan fingerprint density at radius 2 is 2.15 bits per heavy atom. The summed E-state index contributed by atoms with van der Waals surface area (Å²) < 4.78 is 5.38. The number of rotatable bonds is 3. The standard InChI is InChI=1S/C20H19BN2O3/c24-20(23-17-7-6-16-13-22-9-8-14(16)11-17)12-15-3-1-5-19-18(15)4-2-10-26-21(19)25/h1,3,5-9,11,13,25H,2,4,10,12H2,(H,23,24). The van der Waals surface area contributed by atoms with Crippen LogP contribution in [-0.2, 0) is 22.3 Å². The summed E-state index contributed by atoms with van der Waals surface area (Å²) in [6.45, 7) is 0.521. The second-order valence-corrected chi connectivity index (χ2v) is 6.47. The number of nitrogens with zero attached hydrogens (tertiary/aromatic N) is 1. The van der Waals surface area contributed by atoms with E-state index in [9.17, 15) is 9.82 Å². The number of carbonyl (C=O) groups is 1. The highest BCUT2D eigenvalue weighted by atomic mass is 16.5. The third-order valence-electron chi connectivity index (χ3n) is 4.70. The predicted molar refractivity (Wildman–Crippen MR) is 102 cm³/mol. The number of pyridine rings is 1. The molecule has 5 nitrogen and oxygen atoms in total. The number of nitrogens with one attached hydrogen (secondary N) is 1. The zero-order valence-electron chi connectivity index (χ0n) is 14.3. The molecule has 130 valence electrons. The Hall–Kier alpha value is -2.70. The molecule has 3 aromatic rings. The number of hydrogen-bond acceptors (Lipinski definition) is 4. The van der Waals surface area contributed by atoms with E-state index >= 15 is 0 Å². The van der Waals surface area contributed by atoms with E-state index in [4.69, 9.17) is 4.65 Å². The molecule has 4 rings (SSSR count). The second-order valence-electron chi connectivity index (χ2n) is 6.47. The number of carbonyl (C=O) groups excluding carboxylic acids is 1. The summed E-state index contributed by atoms with van der Waals surface area (Å²) in [6.07, 6.45) is 5.44. The van der Waals surface area contributed by atoms with Crippen LogP contribution in [0.15, 0.2) is 54.9 Å². The molecule has 2 N–H and O–H groups in total. The van der Waals surface area contributed by atoms with Crippen molar-refractivity contribution in [1.29, 1.82) is 0 Å². The first-order valence-electron chi connectivity index (χ1n) is 8.75. The van der Waals surface area contributed by atoms with Crippen LogP contribution >= 0.6 is 0 Å². The summed E-state index contributed by atoms with van der Waals surface area (Å²) in [7, 11) is -0.912. The average molecular weight is 346 g/mol. The highest BCUT2D eigenvalue weighted by Gasteiger charge is 2.25. The third-order valence-corrected chi connectivity index (χ3v) is 4.70. The average Bonchev–Trinajstić information content (AvgIpc) is 2.84. The summed E-state index contributed by atoms with van der Waals surface area (Å²) in [4.78, 5) is 16.6. The summed E-state index contributed by atoms with van der Waals surface area (Å²) >= 11 is 0. The van der Waals surface area contributed by atoms with Gasteiger partial charge in [-0.05, 0) is 53.0 Å². The van der Waals surface area contributed by atoms with Crippen molar-refractivity contribution in [2.24, 2.45) is 0 Å². The molecule has 0 fully saturated rings. The van der Waals surface area contributed by atoms with E-state index in [2.05, 4.69) is 10.3 Å². The summed E-state index contributed by atoms with van der Waals surface area (Å²) in [5.41, 5.74) is 3.50. The van der Waals surface area contributed by atoms with Crippen molar-refractivity contribution in [3.63, 3.8) is 0 Å². The molecule has 6 heteroatoms. The number of aromatic nitrogens is 1. The van der Waals surface area contributed by atoms with E-state index in [-0.39, 0.29) is 12.3 Å². The van der Waals surface area contributed by atoms with Crippen LogP contribution in [0.25, 0.3) is 10.8 Å². The first-order chi connectivity index (χ1) is 12.7. The van der Waals surface area contributed by atoms with Crippen molar-refractivity contribution < 1.29 is 14.5 Å². The van der Waals surface area contributed by atoms with Gasteiger partial charge in [-0.25, -0.2) is 0 Å². The molecule has 1 aromatic heterocycles. The van der Waals surface area contributed by atoms with Gasteiger partial charge in [-0.15, -0.1) is 0 Å². The molecule has 0 spiro atoms. The quantitative estimate of drug-likeness (QED) is 0.713. The van der Waals surface area contributed by atoms with Crippen molar-refractivity contribution in [1.82, 2.24) is 4.98 Å². The van der Waals surface area contributed by atoms with Crippen LogP contribution in [-0.4, -0.2) is 29.6 Å². The monoisotopic (exact) mass is 346 g/mol. The van der Waals surface area contributed by atoms with Gasteiger partial charge in [0.15, 0.2) is 0 Å². The van der Waals surface area contributed by atoms with Crippen molar-refractivity contribution in [2.45, 2.75) is 19.3 Å². The van der Waals surface area contributed by atoms with E-state index in [1.807, 2.05) is 42.5 Å². The van der Waals surface area contributed by atoms with Gasteiger partial charge in [-0.2, -0.15) is 0 Å². The molecular formula is C20H19BN2O3. The maximum atomic E-state index is 12.6. The minimum atomic E-state index is -0.912. The van der Waals surface area contributed by atoms with Crippen LogP contribution in [0, 0.1) is 0 Å². The Morgan fingerprint density at radius 1 is 1.23 bits per heavy atom. The van der Waals surface area contributed by atoms with Crippen LogP contribution in [0.3, 0.4) is 0 Å². The number of fused-ring (bicyclic) bond motifs is 2. The van der Waals surface area contributed by atoms with E-state index in [1.54, 1.807) is 12.4 Å². The fourth-order valence-electron chi connectivity index (χ4n) is 3.43. The molecule has 0 saturated heterocycles. The molecule has 1 aliphatic rings. The normalized spacial score (nSPS) is 14.0.